The summed E-state index contributed by atoms with van der Waals surface area (Å²) in [7, 11) is 0. The van der Waals surface area contributed by atoms with Gasteiger partial charge in [0.05, 0.1) is 0 Å². The Bertz CT molecular complexity index is 246. The molecular weight excluding hydrogens is 176 g/mol. The van der Waals surface area contributed by atoms with Gasteiger partial charge >= 0.3 is 0 Å². The minimum atomic E-state index is -0.563. The molecule has 0 aromatic rings. The molecule has 0 aromatic carbocycles. The molecule has 0 unspecified atom stereocenters. The van der Waals surface area contributed by atoms with E-state index in [-0.39, 0.29) is 0 Å². The van der Waals surface area contributed by atoms with E-state index in [1.807, 2.05) is 27.7 Å². The van der Waals surface area contributed by atoms with Crippen LogP contribution in [0.2, 0.25) is 0 Å². The largest absolute Gasteiger partial charge is 0.400 e. The third-order valence-corrected chi connectivity index (χ3v) is 2.25. The number of hydrogen-bond donors (Lipinski definition) is 2. The van der Waals surface area contributed by atoms with Crippen LogP contribution in [0.4, 0.5) is 0 Å². The summed E-state index contributed by atoms with van der Waals surface area (Å²) in [5, 5.41) is 15.7. The van der Waals surface area contributed by atoms with Gasteiger partial charge in [0.15, 0.2) is 0 Å². The smallest absolute Gasteiger partial charge is 0.114 e. The number of rotatable bonds is 4. The normalized spacial score (nSPS) is 13.2. The third-order valence-electron chi connectivity index (χ3n) is 2.25. The van der Waals surface area contributed by atoms with E-state index in [1.165, 1.54) is 0 Å². The average molecular weight is 196 g/mol. The summed E-state index contributed by atoms with van der Waals surface area (Å²) in [4.78, 5) is 0. The Hall–Kier alpha value is -1.19. The highest BCUT2D eigenvalue weighted by atomic mass is 15.2. The van der Waals surface area contributed by atoms with Crippen LogP contribution in [0.15, 0.2) is 22.5 Å². The average Bonchev–Trinajstić information content (AvgIpc) is 2.01. The molecule has 4 nitrogen and oxygen atoms in total. The van der Waals surface area contributed by atoms with Gasteiger partial charge in [0, 0.05) is 11.4 Å². The van der Waals surface area contributed by atoms with Gasteiger partial charge in [-0.3, -0.25) is 0 Å². The Morgan fingerprint density at radius 3 is 1.79 bits per heavy atom. The molecule has 0 fully saturated rings. The molecule has 0 spiro atoms. The zero-order valence-corrected chi connectivity index (χ0v) is 9.68. The molecule has 0 aliphatic carbocycles. The molecule has 14 heavy (non-hydrogen) atoms. The standard InChI is InChI=1S/C10H20N4/c1-7(11)9(3,4)13-14-10(5,6)8(2)12/h12H,1,11H2,2-6H3. The Labute approximate surface area is 85.8 Å². The van der Waals surface area contributed by atoms with Gasteiger partial charge in [-0.05, 0) is 34.6 Å². The highest BCUT2D eigenvalue weighted by Crippen LogP contribution is 2.19. The zero-order valence-electron chi connectivity index (χ0n) is 9.68. The van der Waals surface area contributed by atoms with E-state index < -0.39 is 11.1 Å². The minimum absolute atomic E-state index is 0.472. The van der Waals surface area contributed by atoms with Crippen LogP contribution in [-0.4, -0.2) is 16.8 Å². The molecule has 0 rings (SSSR count). The maximum absolute atomic E-state index is 7.50. The van der Waals surface area contributed by atoms with Crippen LogP contribution in [-0.2, 0) is 0 Å². The fourth-order valence-corrected chi connectivity index (χ4v) is 0.389. The van der Waals surface area contributed by atoms with E-state index in [2.05, 4.69) is 16.8 Å². The molecule has 0 aliphatic rings. The first kappa shape index (κ1) is 12.8. The fraction of sp³-hybridized carbons (Fsp3) is 0.700. The number of hydrogen-bond acceptors (Lipinski definition) is 4. The van der Waals surface area contributed by atoms with E-state index in [4.69, 9.17) is 11.1 Å². The molecule has 0 amide bonds. The highest BCUT2D eigenvalue weighted by Gasteiger charge is 2.23. The van der Waals surface area contributed by atoms with E-state index in [0.29, 0.717) is 11.4 Å². The number of nitrogens with two attached hydrogens (primary N) is 1. The summed E-state index contributed by atoms with van der Waals surface area (Å²) >= 11 is 0. The van der Waals surface area contributed by atoms with Crippen molar-refractivity contribution in [3.63, 3.8) is 0 Å². The van der Waals surface area contributed by atoms with Crippen molar-refractivity contribution in [1.29, 1.82) is 5.41 Å². The molecule has 0 bridgehead atoms. The van der Waals surface area contributed by atoms with Crippen molar-refractivity contribution in [2.45, 2.75) is 45.7 Å². The van der Waals surface area contributed by atoms with Crippen LogP contribution in [0.25, 0.3) is 0 Å². The number of nitrogens with zero attached hydrogens (tertiary/aromatic N) is 2. The van der Waals surface area contributed by atoms with Gasteiger partial charge in [-0.1, -0.05) is 6.58 Å². The van der Waals surface area contributed by atoms with Crippen molar-refractivity contribution < 1.29 is 0 Å². The summed E-state index contributed by atoms with van der Waals surface area (Å²) in [6.07, 6.45) is 0. The molecular formula is C10H20N4. The maximum Gasteiger partial charge on any atom is 0.114 e. The Kier molecular flexibility index (Phi) is 3.57. The second kappa shape index (κ2) is 3.90. The highest BCUT2D eigenvalue weighted by molar-refractivity contribution is 5.87. The van der Waals surface area contributed by atoms with Crippen LogP contribution in [0.5, 0.6) is 0 Å². The lowest BCUT2D eigenvalue weighted by atomic mass is 10.0. The predicted octanol–water partition coefficient (Wildman–Crippen LogP) is 2.51. The second-order valence-electron chi connectivity index (χ2n) is 4.47. The van der Waals surface area contributed by atoms with Crippen molar-refractivity contribution in [1.82, 2.24) is 0 Å². The van der Waals surface area contributed by atoms with Gasteiger partial charge in [-0.15, -0.1) is 0 Å². The predicted molar refractivity (Wildman–Crippen MR) is 59.7 cm³/mol. The van der Waals surface area contributed by atoms with E-state index in [9.17, 15) is 0 Å². The summed E-state index contributed by atoms with van der Waals surface area (Å²) < 4.78 is 0. The molecule has 0 radical (unpaired) electrons. The summed E-state index contributed by atoms with van der Waals surface area (Å²) in [5.41, 5.74) is 5.39. The van der Waals surface area contributed by atoms with Crippen LogP contribution >= 0.6 is 0 Å². The molecule has 80 valence electrons. The van der Waals surface area contributed by atoms with Crippen LogP contribution in [0.3, 0.4) is 0 Å². The Morgan fingerprint density at radius 1 is 1.14 bits per heavy atom. The van der Waals surface area contributed by atoms with Gasteiger partial charge in [0.2, 0.25) is 0 Å². The van der Waals surface area contributed by atoms with Gasteiger partial charge in [0.1, 0.15) is 11.1 Å². The van der Waals surface area contributed by atoms with Crippen molar-refractivity contribution >= 4 is 5.71 Å². The lowest BCUT2D eigenvalue weighted by molar-refractivity contribution is 0.518. The Balaban J connectivity index is 4.76. The first-order valence-corrected chi connectivity index (χ1v) is 4.54. The second-order valence-corrected chi connectivity index (χ2v) is 4.47. The van der Waals surface area contributed by atoms with Crippen molar-refractivity contribution in [3.05, 3.63) is 12.3 Å². The van der Waals surface area contributed by atoms with Gasteiger partial charge in [-0.25, -0.2) is 0 Å². The molecule has 0 heterocycles. The molecule has 0 aliphatic heterocycles. The molecule has 4 heteroatoms. The van der Waals surface area contributed by atoms with Crippen LogP contribution in [0, 0.1) is 5.41 Å². The number of nitrogens with one attached hydrogen (secondary N) is 1. The molecule has 3 N–H and O–H groups in total. The first-order chi connectivity index (χ1) is 6.09. The number of azo groups is 1. The topological polar surface area (TPSA) is 74.6 Å². The third kappa shape index (κ3) is 3.28. The van der Waals surface area contributed by atoms with E-state index in [0.717, 1.165) is 0 Å². The van der Waals surface area contributed by atoms with Crippen molar-refractivity contribution in [3.8, 4) is 0 Å². The summed E-state index contributed by atoms with van der Waals surface area (Å²) in [6, 6.07) is 0. The molecule has 0 saturated heterocycles. The maximum atomic E-state index is 7.50. The van der Waals surface area contributed by atoms with E-state index >= 15 is 0 Å². The fourth-order valence-electron chi connectivity index (χ4n) is 0.389. The summed E-state index contributed by atoms with van der Waals surface area (Å²) in [6.45, 7) is 12.7. The first-order valence-electron chi connectivity index (χ1n) is 4.54. The lowest BCUT2D eigenvalue weighted by Crippen LogP contribution is -2.29. The van der Waals surface area contributed by atoms with Crippen LogP contribution < -0.4 is 5.73 Å². The quantitative estimate of drug-likeness (QED) is 0.526. The minimum Gasteiger partial charge on any atom is -0.400 e. The van der Waals surface area contributed by atoms with Crippen LogP contribution in [0.1, 0.15) is 34.6 Å². The van der Waals surface area contributed by atoms with E-state index in [1.54, 1.807) is 6.92 Å². The molecule has 0 saturated carbocycles. The zero-order chi connectivity index (χ0) is 11.6. The van der Waals surface area contributed by atoms with Crippen molar-refractivity contribution in [2.75, 3.05) is 0 Å². The van der Waals surface area contributed by atoms with Gasteiger partial charge < -0.3 is 11.1 Å². The molecule has 0 aromatic heterocycles. The van der Waals surface area contributed by atoms with Gasteiger partial charge in [-0.2, -0.15) is 10.2 Å². The van der Waals surface area contributed by atoms with Gasteiger partial charge in [0.25, 0.3) is 0 Å². The SMILES string of the molecule is C=C(N)C(C)(C)N=NC(C)(C)C(C)=N. The summed E-state index contributed by atoms with van der Waals surface area (Å²) in [5.74, 6) is 0. The Morgan fingerprint density at radius 2 is 1.50 bits per heavy atom. The molecule has 0 atom stereocenters. The van der Waals surface area contributed by atoms with Crippen molar-refractivity contribution in [2.24, 2.45) is 16.0 Å². The monoisotopic (exact) mass is 196 g/mol. The lowest BCUT2D eigenvalue weighted by Gasteiger charge is -2.22.